The van der Waals surface area contributed by atoms with Crippen LogP contribution in [-0.4, -0.2) is 25.0 Å². The van der Waals surface area contributed by atoms with Crippen LogP contribution in [0.15, 0.2) is 0 Å². The van der Waals surface area contributed by atoms with Gasteiger partial charge in [-0.3, -0.25) is 0 Å². The van der Waals surface area contributed by atoms with Crippen molar-refractivity contribution in [3.05, 3.63) is 0 Å². The van der Waals surface area contributed by atoms with Gasteiger partial charge in [-0.15, -0.1) is 0 Å². The molecular weight excluding hydrogens is 170 g/mol. The number of nitrogens with zero attached hydrogens (tertiary/aromatic N) is 1. The molecule has 1 aliphatic carbocycles. The predicted molar refractivity (Wildman–Crippen MR) is 63.6 cm³/mol. The van der Waals surface area contributed by atoms with Gasteiger partial charge in [0.2, 0.25) is 0 Å². The molecule has 0 bridgehead atoms. The fraction of sp³-hybridized carbons (Fsp3) is 1.00. The Morgan fingerprint density at radius 2 is 1.29 bits per heavy atom. The number of piperidine rings is 1. The maximum atomic E-state index is 2.39. The summed E-state index contributed by atoms with van der Waals surface area (Å²) in [7, 11) is 2.19. The second-order valence-electron chi connectivity index (χ2n) is 5.11. The molecule has 2 fully saturated rings. The summed E-state index contributed by atoms with van der Waals surface area (Å²) in [6, 6.07) is 0. The molecule has 0 aromatic rings. The molecule has 0 spiro atoms. The van der Waals surface area contributed by atoms with Crippen LogP contribution in [0.5, 0.6) is 0 Å². The van der Waals surface area contributed by atoms with Crippen molar-refractivity contribution < 1.29 is 0 Å². The van der Waals surface area contributed by atoms with Crippen molar-refractivity contribution in [2.24, 2.45) is 5.92 Å². The Balaban J connectivity index is 0.000000140. The predicted octanol–water partition coefficient (Wildman–Crippen LogP) is 3.69. The monoisotopic (exact) mass is 197 g/mol. The van der Waals surface area contributed by atoms with Gasteiger partial charge in [0.15, 0.2) is 0 Å². The van der Waals surface area contributed by atoms with Crippen molar-refractivity contribution >= 4 is 0 Å². The van der Waals surface area contributed by atoms with E-state index in [9.17, 15) is 0 Å². The standard InChI is InChI=1S/C7H14.C6H13N/c2*1-7-5-3-2-4-6-7/h7H,2-6H2,1H3;2-6H2,1H3. The summed E-state index contributed by atoms with van der Waals surface area (Å²) in [5.74, 6) is 1.04. The van der Waals surface area contributed by atoms with Crippen LogP contribution in [0, 0.1) is 5.92 Å². The molecular formula is C13H27N. The van der Waals surface area contributed by atoms with Gasteiger partial charge in [-0.2, -0.15) is 0 Å². The molecule has 1 saturated heterocycles. The minimum Gasteiger partial charge on any atom is -0.306 e. The average Bonchev–Trinajstić information content (AvgIpc) is 2.21. The van der Waals surface area contributed by atoms with Crippen LogP contribution in [0.3, 0.4) is 0 Å². The summed E-state index contributed by atoms with van der Waals surface area (Å²) in [6.45, 7) is 5.00. The van der Waals surface area contributed by atoms with Gasteiger partial charge >= 0.3 is 0 Å². The summed E-state index contributed by atoms with van der Waals surface area (Å²) in [5.41, 5.74) is 0. The van der Waals surface area contributed by atoms with Gasteiger partial charge < -0.3 is 4.90 Å². The molecule has 84 valence electrons. The minimum atomic E-state index is 1.04. The van der Waals surface area contributed by atoms with Gasteiger partial charge in [-0.1, -0.05) is 45.4 Å². The Bertz CT molecular complexity index is 105. The molecule has 0 amide bonds. The summed E-state index contributed by atoms with van der Waals surface area (Å²) in [6.07, 6.45) is 11.7. The lowest BCUT2D eigenvalue weighted by Crippen LogP contribution is -2.24. The van der Waals surface area contributed by atoms with E-state index in [0.717, 1.165) is 5.92 Å². The van der Waals surface area contributed by atoms with Crippen LogP contribution in [0.1, 0.15) is 58.3 Å². The van der Waals surface area contributed by atoms with Crippen LogP contribution in [0.25, 0.3) is 0 Å². The largest absolute Gasteiger partial charge is 0.306 e. The molecule has 0 aromatic carbocycles. The highest BCUT2D eigenvalue weighted by molar-refractivity contribution is 4.59. The zero-order valence-corrected chi connectivity index (χ0v) is 10.1. The molecule has 0 aromatic heterocycles. The lowest BCUT2D eigenvalue weighted by molar-refractivity contribution is 0.277. The van der Waals surface area contributed by atoms with E-state index < -0.39 is 0 Å². The second-order valence-corrected chi connectivity index (χ2v) is 5.11. The summed E-state index contributed by atoms with van der Waals surface area (Å²) in [5, 5.41) is 0. The van der Waals surface area contributed by atoms with E-state index in [1.807, 2.05) is 0 Å². The van der Waals surface area contributed by atoms with Gasteiger partial charge in [0.1, 0.15) is 0 Å². The Labute approximate surface area is 89.9 Å². The molecule has 0 unspecified atom stereocenters. The van der Waals surface area contributed by atoms with Crippen molar-refractivity contribution in [2.75, 3.05) is 20.1 Å². The average molecular weight is 197 g/mol. The first kappa shape index (κ1) is 12.0. The minimum absolute atomic E-state index is 1.04. The summed E-state index contributed by atoms with van der Waals surface area (Å²) < 4.78 is 0. The molecule has 1 aliphatic heterocycles. The van der Waals surface area contributed by atoms with E-state index in [0.29, 0.717) is 0 Å². The van der Waals surface area contributed by atoms with E-state index >= 15 is 0 Å². The molecule has 0 radical (unpaired) electrons. The van der Waals surface area contributed by atoms with Gasteiger partial charge in [0.25, 0.3) is 0 Å². The van der Waals surface area contributed by atoms with E-state index in [-0.39, 0.29) is 0 Å². The topological polar surface area (TPSA) is 3.24 Å². The first-order valence-electron chi connectivity index (χ1n) is 6.47. The maximum absolute atomic E-state index is 2.39. The van der Waals surface area contributed by atoms with Crippen LogP contribution in [-0.2, 0) is 0 Å². The van der Waals surface area contributed by atoms with Crippen LogP contribution >= 0.6 is 0 Å². The fourth-order valence-corrected chi connectivity index (χ4v) is 2.36. The third-order valence-electron chi connectivity index (χ3n) is 3.47. The van der Waals surface area contributed by atoms with Crippen LogP contribution in [0.2, 0.25) is 0 Å². The Hall–Kier alpha value is -0.0400. The van der Waals surface area contributed by atoms with Crippen molar-refractivity contribution in [1.82, 2.24) is 4.90 Å². The third-order valence-corrected chi connectivity index (χ3v) is 3.47. The number of rotatable bonds is 0. The number of hydrogen-bond acceptors (Lipinski definition) is 1. The second kappa shape index (κ2) is 7.28. The lowest BCUT2D eigenvalue weighted by Gasteiger charge is -2.20. The molecule has 1 heteroatoms. The normalized spacial score (nSPS) is 25.3. The summed E-state index contributed by atoms with van der Waals surface area (Å²) >= 11 is 0. The molecule has 2 aliphatic rings. The Morgan fingerprint density at radius 3 is 1.57 bits per heavy atom. The molecule has 1 saturated carbocycles. The van der Waals surface area contributed by atoms with E-state index in [4.69, 9.17) is 0 Å². The highest BCUT2D eigenvalue weighted by Gasteiger charge is 2.06. The third kappa shape index (κ3) is 5.64. The molecule has 0 N–H and O–H groups in total. The van der Waals surface area contributed by atoms with Gasteiger partial charge in [-0.05, 0) is 38.9 Å². The number of hydrogen-bond donors (Lipinski definition) is 0. The van der Waals surface area contributed by atoms with E-state index in [1.54, 1.807) is 0 Å². The van der Waals surface area contributed by atoms with Crippen molar-refractivity contribution in [2.45, 2.75) is 58.3 Å². The quantitative estimate of drug-likeness (QED) is 0.572. The van der Waals surface area contributed by atoms with Crippen molar-refractivity contribution in [1.29, 1.82) is 0 Å². The van der Waals surface area contributed by atoms with Gasteiger partial charge in [-0.25, -0.2) is 0 Å². The van der Waals surface area contributed by atoms with E-state index in [2.05, 4.69) is 18.9 Å². The first-order valence-corrected chi connectivity index (χ1v) is 6.47. The Morgan fingerprint density at radius 1 is 0.786 bits per heavy atom. The zero-order valence-electron chi connectivity index (χ0n) is 10.1. The molecule has 14 heavy (non-hydrogen) atoms. The van der Waals surface area contributed by atoms with Crippen LogP contribution < -0.4 is 0 Å². The van der Waals surface area contributed by atoms with Crippen molar-refractivity contribution in [3.63, 3.8) is 0 Å². The summed E-state index contributed by atoms with van der Waals surface area (Å²) in [4.78, 5) is 2.39. The SMILES string of the molecule is CC1CCCCC1.CN1CCCCC1. The molecule has 1 heterocycles. The fourth-order valence-electron chi connectivity index (χ4n) is 2.36. The zero-order chi connectivity index (χ0) is 10.2. The first-order chi connectivity index (χ1) is 6.79. The number of likely N-dealkylation sites (tertiary alicyclic amines) is 1. The molecule has 0 atom stereocenters. The lowest BCUT2D eigenvalue weighted by atomic mass is 9.91. The smallest absolute Gasteiger partial charge is 0.00218 e. The highest BCUT2D eigenvalue weighted by Crippen LogP contribution is 2.22. The molecule has 2 rings (SSSR count). The Kier molecular flexibility index (Phi) is 6.25. The van der Waals surface area contributed by atoms with E-state index in [1.165, 1.54) is 64.5 Å². The van der Waals surface area contributed by atoms with Crippen LogP contribution in [0.4, 0.5) is 0 Å². The van der Waals surface area contributed by atoms with Crippen molar-refractivity contribution in [3.8, 4) is 0 Å². The molecule has 1 nitrogen and oxygen atoms in total. The van der Waals surface area contributed by atoms with Gasteiger partial charge in [0, 0.05) is 0 Å². The maximum Gasteiger partial charge on any atom is -0.00218 e. The van der Waals surface area contributed by atoms with Gasteiger partial charge in [0.05, 0.1) is 0 Å². The highest BCUT2D eigenvalue weighted by atomic mass is 15.1.